The molecule has 0 aromatic rings. The third kappa shape index (κ3) is 1.00. The molecule has 0 bridgehead atoms. The molecule has 2 atom stereocenters. The summed E-state index contributed by atoms with van der Waals surface area (Å²) in [6, 6.07) is 1.77. The molecule has 0 aromatic carbocycles. The van der Waals surface area contributed by atoms with Gasteiger partial charge in [-0.25, -0.2) is 8.42 Å². The van der Waals surface area contributed by atoms with E-state index in [2.05, 4.69) is 0 Å². The van der Waals surface area contributed by atoms with Gasteiger partial charge in [-0.15, -0.1) is 0 Å². The summed E-state index contributed by atoms with van der Waals surface area (Å²) in [5.41, 5.74) is 4.25. The lowest BCUT2D eigenvalue weighted by Crippen LogP contribution is -2.27. The van der Waals surface area contributed by atoms with Crippen LogP contribution in [0.1, 0.15) is 6.42 Å². The van der Waals surface area contributed by atoms with Crippen molar-refractivity contribution in [3.8, 4) is 6.07 Å². The fraction of sp³-hybridized carbons (Fsp3) is 0.800. The van der Waals surface area contributed by atoms with Crippen molar-refractivity contribution in [3.05, 3.63) is 0 Å². The van der Waals surface area contributed by atoms with Crippen LogP contribution in [0.5, 0.6) is 0 Å². The summed E-state index contributed by atoms with van der Waals surface area (Å²) in [6.45, 7) is 0. The van der Waals surface area contributed by atoms with Crippen molar-refractivity contribution in [3.63, 3.8) is 0 Å². The van der Waals surface area contributed by atoms with E-state index in [1.54, 1.807) is 6.07 Å². The number of sulfone groups is 1. The number of nitrogens with zero attached hydrogens (tertiary/aromatic N) is 1. The van der Waals surface area contributed by atoms with Crippen LogP contribution in [-0.4, -0.2) is 25.5 Å². The van der Waals surface area contributed by atoms with Gasteiger partial charge in [0.25, 0.3) is 0 Å². The van der Waals surface area contributed by atoms with E-state index in [4.69, 9.17) is 11.0 Å². The largest absolute Gasteiger partial charge is 0.312 e. The molecule has 0 amide bonds. The normalized spacial score (nSPS) is 38.7. The maximum atomic E-state index is 10.7. The van der Waals surface area contributed by atoms with E-state index in [1.165, 1.54) is 0 Å². The first-order valence-electron chi connectivity index (χ1n) is 2.79. The zero-order valence-corrected chi connectivity index (χ0v) is 6.35. The molecule has 0 saturated heterocycles. The van der Waals surface area contributed by atoms with E-state index < -0.39 is 20.6 Å². The minimum Gasteiger partial charge on any atom is -0.312 e. The van der Waals surface area contributed by atoms with E-state index in [9.17, 15) is 8.42 Å². The molecule has 1 fully saturated rings. The standard InChI is InChI=1S/C5H8N2O2S/c1-10(8,9)4-2-5(4,7)3-6/h4H,2,7H2,1H3/t4-,5-/m0/s1. The molecule has 2 N–H and O–H groups in total. The van der Waals surface area contributed by atoms with Crippen molar-refractivity contribution in [1.29, 1.82) is 5.26 Å². The Morgan fingerprint density at radius 1 is 1.80 bits per heavy atom. The van der Waals surface area contributed by atoms with Gasteiger partial charge in [-0.1, -0.05) is 0 Å². The fourth-order valence-corrected chi connectivity index (χ4v) is 2.29. The quantitative estimate of drug-likeness (QED) is 0.534. The third-order valence-electron chi connectivity index (χ3n) is 1.66. The summed E-state index contributed by atoms with van der Waals surface area (Å²) in [5.74, 6) is 0. The van der Waals surface area contributed by atoms with Crippen LogP contribution in [0.15, 0.2) is 0 Å². The van der Waals surface area contributed by atoms with Crippen LogP contribution in [0.2, 0.25) is 0 Å². The molecule has 0 aromatic heterocycles. The summed E-state index contributed by atoms with van der Waals surface area (Å²) in [5, 5.41) is 7.73. The van der Waals surface area contributed by atoms with Gasteiger partial charge in [0.05, 0.1) is 11.3 Å². The summed E-state index contributed by atoms with van der Waals surface area (Å²) in [7, 11) is -3.10. The Hall–Kier alpha value is -0.600. The van der Waals surface area contributed by atoms with Gasteiger partial charge in [0.1, 0.15) is 5.54 Å². The van der Waals surface area contributed by atoms with Gasteiger partial charge in [0.2, 0.25) is 0 Å². The molecule has 0 aliphatic heterocycles. The lowest BCUT2D eigenvalue weighted by Gasteiger charge is -1.96. The molecule has 0 radical (unpaired) electrons. The molecule has 4 nitrogen and oxygen atoms in total. The second kappa shape index (κ2) is 1.71. The van der Waals surface area contributed by atoms with Crippen LogP contribution in [0, 0.1) is 11.3 Å². The molecular formula is C5H8N2O2S. The molecule has 1 aliphatic carbocycles. The highest BCUT2D eigenvalue weighted by Gasteiger charge is 2.58. The minimum absolute atomic E-state index is 0.280. The first kappa shape index (κ1) is 7.51. The molecule has 0 heterocycles. The third-order valence-corrected chi connectivity index (χ3v) is 3.28. The van der Waals surface area contributed by atoms with Crippen LogP contribution in [-0.2, 0) is 9.84 Å². The van der Waals surface area contributed by atoms with Crippen molar-refractivity contribution in [2.45, 2.75) is 17.2 Å². The van der Waals surface area contributed by atoms with Gasteiger partial charge in [0.15, 0.2) is 9.84 Å². The van der Waals surface area contributed by atoms with Crippen molar-refractivity contribution >= 4 is 9.84 Å². The van der Waals surface area contributed by atoms with Gasteiger partial charge < -0.3 is 5.73 Å². The Bertz CT molecular complexity index is 289. The van der Waals surface area contributed by atoms with E-state index in [0.717, 1.165) is 6.26 Å². The molecule has 1 aliphatic rings. The predicted octanol–water partition coefficient (Wildman–Crippen LogP) is -0.976. The summed E-state index contributed by atoms with van der Waals surface area (Å²) in [4.78, 5) is 0. The highest BCUT2D eigenvalue weighted by molar-refractivity contribution is 7.91. The van der Waals surface area contributed by atoms with Crippen LogP contribution in [0.4, 0.5) is 0 Å². The van der Waals surface area contributed by atoms with Crippen molar-refractivity contribution in [1.82, 2.24) is 0 Å². The lowest BCUT2D eigenvalue weighted by molar-refractivity contribution is 0.598. The zero-order valence-electron chi connectivity index (χ0n) is 5.53. The predicted molar refractivity (Wildman–Crippen MR) is 35.8 cm³/mol. The summed E-state index contributed by atoms with van der Waals surface area (Å²) in [6.07, 6.45) is 1.38. The number of nitriles is 1. The van der Waals surface area contributed by atoms with Gasteiger partial charge in [-0.05, 0) is 6.42 Å². The first-order chi connectivity index (χ1) is 4.40. The Morgan fingerprint density at radius 3 is 2.40 bits per heavy atom. The topological polar surface area (TPSA) is 83.9 Å². The monoisotopic (exact) mass is 160 g/mol. The SMILES string of the molecule is CS(=O)(=O)[C@H]1C[C@]1(N)C#N. The van der Waals surface area contributed by atoms with Gasteiger partial charge in [-0.2, -0.15) is 5.26 Å². The Morgan fingerprint density at radius 2 is 2.30 bits per heavy atom. The first-order valence-corrected chi connectivity index (χ1v) is 4.74. The van der Waals surface area contributed by atoms with Crippen molar-refractivity contribution in [2.75, 3.05) is 6.26 Å². The minimum atomic E-state index is -3.10. The number of rotatable bonds is 1. The molecule has 10 heavy (non-hydrogen) atoms. The average Bonchev–Trinajstić information content (AvgIpc) is 2.43. The fourth-order valence-electron chi connectivity index (χ4n) is 0.899. The van der Waals surface area contributed by atoms with Crippen LogP contribution in [0.25, 0.3) is 0 Å². The molecule has 0 spiro atoms. The van der Waals surface area contributed by atoms with E-state index in [1.807, 2.05) is 0 Å². The average molecular weight is 160 g/mol. The van der Waals surface area contributed by atoms with E-state index in [-0.39, 0.29) is 6.42 Å². The molecule has 1 rings (SSSR count). The van der Waals surface area contributed by atoms with Crippen LogP contribution < -0.4 is 5.73 Å². The van der Waals surface area contributed by atoms with Crippen molar-refractivity contribution in [2.24, 2.45) is 5.73 Å². The second-order valence-electron chi connectivity index (χ2n) is 2.67. The Labute approximate surface area is 59.6 Å². The van der Waals surface area contributed by atoms with Crippen molar-refractivity contribution < 1.29 is 8.42 Å². The van der Waals surface area contributed by atoms with Gasteiger partial charge in [0, 0.05) is 6.26 Å². The molecule has 5 heteroatoms. The maximum Gasteiger partial charge on any atom is 0.153 e. The van der Waals surface area contributed by atoms with E-state index >= 15 is 0 Å². The molecular weight excluding hydrogens is 152 g/mol. The Kier molecular flexibility index (Phi) is 1.28. The van der Waals surface area contributed by atoms with Crippen LogP contribution in [0.3, 0.4) is 0 Å². The lowest BCUT2D eigenvalue weighted by atomic mass is 10.3. The zero-order chi connectivity index (χ0) is 7.99. The van der Waals surface area contributed by atoms with Crippen LogP contribution >= 0.6 is 0 Å². The highest BCUT2D eigenvalue weighted by atomic mass is 32.2. The van der Waals surface area contributed by atoms with E-state index in [0.29, 0.717) is 0 Å². The second-order valence-corrected chi connectivity index (χ2v) is 4.90. The van der Waals surface area contributed by atoms with Gasteiger partial charge in [-0.3, -0.25) is 0 Å². The molecule has 0 unspecified atom stereocenters. The maximum absolute atomic E-state index is 10.7. The smallest absolute Gasteiger partial charge is 0.153 e. The summed E-state index contributed by atoms with van der Waals surface area (Å²) >= 11 is 0. The Balaban J connectivity index is 2.83. The molecule has 56 valence electrons. The number of hydrogen-bond acceptors (Lipinski definition) is 4. The van der Waals surface area contributed by atoms with Gasteiger partial charge >= 0.3 is 0 Å². The number of hydrogen-bond donors (Lipinski definition) is 1. The highest BCUT2D eigenvalue weighted by Crippen LogP contribution is 2.38. The number of nitrogens with two attached hydrogens (primary N) is 1. The molecule has 1 saturated carbocycles. The summed E-state index contributed by atoms with van der Waals surface area (Å²) < 4.78 is 21.5.